The van der Waals surface area contributed by atoms with Crippen LogP contribution in [-0.4, -0.2) is 51.1 Å². The topological polar surface area (TPSA) is 76.6 Å². The number of carbonyl (C=O) groups is 1. The number of esters is 1. The second kappa shape index (κ2) is 5.46. The van der Waals surface area contributed by atoms with Crippen LogP contribution in [0.15, 0.2) is 0 Å². The van der Waals surface area contributed by atoms with Gasteiger partial charge in [-0.15, -0.1) is 0 Å². The van der Waals surface area contributed by atoms with Crippen LogP contribution < -0.4 is 4.90 Å². The van der Waals surface area contributed by atoms with Gasteiger partial charge >= 0.3 is 5.97 Å². The molecular weight excluding hydrogens is 288 g/mol. The van der Waals surface area contributed by atoms with Crippen molar-refractivity contribution in [1.82, 2.24) is 4.98 Å². The van der Waals surface area contributed by atoms with Gasteiger partial charge in [-0.2, -0.15) is 0 Å². The van der Waals surface area contributed by atoms with E-state index in [4.69, 9.17) is 4.74 Å². The van der Waals surface area contributed by atoms with Gasteiger partial charge in [0.1, 0.15) is 4.88 Å². The van der Waals surface area contributed by atoms with Crippen molar-refractivity contribution in [3.8, 4) is 0 Å². The number of methoxy groups -OCH3 is 1. The third kappa shape index (κ3) is 3.24. The Balaban J connectivity index is 2.21. The number of aromatic nitrogens is 1. The Morgan fingerprint density at radius 2 is 2.11 bits per heavy atom. The third-order valence-electron chi connectivity index (χ3n) is 2.98. The van der Waals surface area contributed by atoms with E-state index < -0.39 is 15.8 Å². The van der Waals surface area contributed by atoms with Gasteiger partial charge in [0.25, 0.3) is 0 Å². The molecule has 1 saturated heterocycles. The summed E-state index contributed by atoms with van der Waals surface area (Å²) < 4.78 is 27.8. The zero-order valence-electron chi connectivity index (χ0n) is 10.9. The summed E-state index contributed by atoms with van der Waals surface area (Å²) >= 11 is 1.25. The van der Waals surface area contributed by atoms with Crippen molar-refractivity contribution in [2.75, 3.05) is 36.6 Å². The quantitative estimate of drug-likeness (QED) is 0.754. The predicted molar refractivity (Wildman–Crippen MR) is 73.7 cm³/mol. The SMILES string of the molecule is COC(=O)c1sc(N2CCCS(=O)(=O)CC2)nc1C. The Hall–Kier alpha value is -1.15. The van der Waals surface area contributed by atoms with Gasteiger partial charge in [-0.25, -0.2) is 18.2 Å². The summed E-state index contributed by atoms with van der Waals surface area (Å²) in [5.41, 5.74) is 0.624. The normalized spacial score (nSPS) is 18.9. The standard InChI is InChI=1S/C11H16N2O4S2/c1-8-9(10(14)17-2)18-11(12-8)13-4-3-6-19(15,16)7-5-13/h3-7H2,1-2H3. The third-order valence-corrected chi connectivity index (χ3v) is 5.90. The van der Waals surface area contributed by atoms with E-state index in [0.717, 1.165) is 0 Å². The number of anilines is 1. The lowest BCUT2D eigenvalue weighted by molar-refractivity contribution is 0.0605. The highest BCUT2D eigenvalue weighted by Gasteiger charge is 2.23. The molecule has 1 aromatic heterocycles. The second-order valence-corrected chi connectivity index (χ2v) is 7.68. The summed E-state index contributed by atoms with van der Waals surface area (Å²) in [7, 11) is -1.61. The number of aryl methyl sites for hydroxylation is 1. The zero-order chi connectivity index (χ0) is 14.0. The highest BCUT2D eigenvalue weighted by Crippen LogP contribution is 2.27. The van der Waals surface area contributed by atoms with Crippen LogP contribution in [0.25, 0.3) is 0 Å². The van der Waals surface area contributed by atoms with Gasteiger partial charge in [-0.05, 0) is 13.3 Å². The Morgan fingerprint density at radius 3 is 2.79 bits per heavy atom. The maximum Gasteiger partial charge on any atom is 0.350 e. The Morgan fingerprint density at radius 1 is 1.37 bits per heavy atom. The molecule has 2 rings (SSSR count). The fraction of sp³-hybridized carbons (Fsp3) is 0.636. The van der Waals surface area contributed by atoms with Crippen LogP contribution in [0.1, 0.15) is 21.8 Å². The van der Waals surface area contributed by atoms with Crippen LogP contribution in [-0.2, 0) is 14.6 Å². The van der Waals surface area contributed by atoms with Crippen molar-refractivity contribution in [3.63, 3.8) is 0 Å². The molecule has 0 spiro atoms. The fourth-order valence-corrected chi connectivity index (χ4v) is 4.24. The molecule has 1 aliphatic rings. The molecule has 0 aromatic carbocycles. The van der Waals surface area contributed by atoms with Gasteiger partial charge in [0, 0.05) is 13.1 Å². The minimum absolute atomic E-state index is 0.138. The van der Waals surface area contributed by atoms with Crippen LogP contribution in [0, 0.1) is 6.92 Å². The maximum atomic E-state index is 11.6. The molecular formula is C11H16N2O4S2. The summed E-state index contributed by atoms with van der Waals surface area (Å²) in [5, 5.41) is 0.690. The lowest BCUT2D eigenvalue weighted by Crippen LogP contribution is -2.26. The Kier molecular flexibility index (Phi) is 4.10. The van der Waals surface area contributed by atoms with E-state index in [-0.39, 0.29) is 11.5 Å². The first kappa shape index (κ1) is 14.3. The number of thiazole rings is 1. The van der Waals surface area contributed by atoms with Crippen molar-refractivity contribution in [3.05, 3.63) is 10.6 Å². The summed E-state index contributed by atoms with van der Waals surface area (Å²) in [6.45, 7) is 2.82. The monoisotopic (exact) mass is 304 g/mol. The van der Waals surface area contributed by atoms with Crippen LogP contribution in [0.3, 0.4) is 0 Å². The molecule has 19 heavy (non-hydrogen) atoms. The van der Waals surface area contributed by atoms with Gasteiger partial charge in [-0.3, -0.25) is 0 Å². The number of nitrogens with zero attached hydrogens (tertiary/aromatic N) is 2. The average Bonchev–Trinajstić information content (AvgIpc) is 2.64. The summed E-state index contributed by atoms with van der Waals surface area (Å²) in [6.07, 6.45) is 0.592. The van der Waals surface area contributed by atoms with Gasteiger partial charge in [0.05, 0.1) is 24.3 Å². The predicted octanol–water partition coefficient (Wildman–Crippen LogP) is 0.863. The molecule has 106 valence electrons. The molecule has 0 amide bonds. The molecule has 2 heterocycles. The smallest absolute Gasteiger partial charge is 0.350 e. The first-order valence-electron chi connectivity index (χ1n) is 5.94. The fourth-order valence-electron chi connectivity index (χ4n) is 1.93. The molecule has 6 nitrogen and oxygen atoms in total. The van der Waals surface area contributed by atoms with E-state index in [1.54, 1.807) is 6.92 Å². The van der Waals surface area contributed by atoms with Crippen molar-refractivity contribution < 1.29 is 17.9 Å². The van der Waals surface area contributed by atoms with E-state index in [1.807, 2.05) is 4.90 Å². The van der Waals surface area contributed by atoms with Crippen LogP contribution in [0.5, 0.6) is 0 Å². The van der Waals surface area contributed by atoms with Crippen LogP contribution >= 0.6 is 11.3 Å². The number of hydrogen-bond acceptors (Lipinski definition) is 7. The van der Waals surface area contributed by atoms with Crippen LogP contribution in [0.2, 0.25) is 0 Å². The first-order chi connectivity index (χ1) is 8.93. The van der Waals surface area contributed by atoms with E-state index >= 15 is 0 Å². The number of sulfone groups is 1. The molecule has 8 heteroatoms. The highest BCUT2D eigenvalue weighted by atomic mass is 32.2. The molecule has 0 bridgehead atoms. The number of ether oxygens (including phenoxy) is 1. The minimum Gasteiger partial charge on any atom is -0.465 e. The molecule has 1 fully saturated rings. The molecule has 0 unspecified atom stereocenters. The maximum absolute atomic E-state index is 11.6. The van der Waals surface area contributed by atoms with Crippen molar-refractivity contribution in [1.29, 1.82) is 0 Å². The lowest BCUT2D eigenvalue weighted by atomic mass is 10.4. The number of rotatable bonds is 2. The largest absolute Gasteiger partial charge is 0.465 e. The molecule has 0 N–H and O–H groups in total. The van der Waals surface area contributed by atoms with Gasteiger partial charge in [0.2, 0.25) is 0 Å². The number of hydrogen-bond donors (Lipinski definition) is 0. The molecule has 0 radical (unpaired) electrons. The van der Waals surface area contributed by atoms with Gasteiger partial charge in [-0.1, -0.05) is 11.3 Å². The Labute approximate surface area is 116 Å². The highest BCUT2D eigenvalue weighted by molar-refractivity contribution is 7.91. The summed E-state index contributed by atoms with van der Waals surface area (Å²) in [5.74, 6) is -0.0413. The van der Waals surface area contributed by atoms with Crippen molar-refractivity contribution >= 4 is 32.3 Å². The Bertz CT molecular complexity index is 580. The number of carbonyl (C=O) groups excluding carboxylic acids is 1. The molecule has 0 atom stereocenters. The van der Waals surface area contributed by atoms with Crippen LogP contribution in [0.4, 0.5) is 5.13 Å². The first-order valence-corrected chi connectivity index (χ1v) is 8.58. The molecule has 1 aliphatic heterocycles. The zero-order valence-corrected chi connectivity index (χ0v) is 12.5. The van der Waals surface area contributed by atoms with E-state index in [9.17, 15) is 13.2 Å². The van der Waals surface area contributed by atoms with Crippen molar-refractivity contribution in [2.24, 2.45) is 0 Å². The van der Waals surface area contributed by atoms with Gasteiger partial charge in [0.15, 0.2) is 15.0 Å². The van der Waals surface area contributed by atoms with Crippen molar-refractivity contribution in [2.45, 2.75) is 13.3 Å². The summed E-state index contributed by atoms with van der Waals surface area (Å²) in [4.78, 5) is 18.3. The second-order valence-electron chi connectivity index (χ2n) is 4.39. The van der Waals surface area contributed by atoms with Gasteiger partial charge < -0.3 is 9.64 Å². The van der Waals surface area contributed by atoms with E-state index in [2.05, 4.69) is 4.98 Å². The molecule has 1 aromatic rings. The molecule has 0 saturated carbocycles. The average molecular weight is 304 g/mol. The van der Waals surface area contributed by atoms with E-state index in [0.29, 0.717) is 35.2 Å². The summed E-state index contributed by atoms with van der Waals surface area (Å²) in [6, 6.07) is 0. The van der Waals surface area contributed by atoms with E-state index in [1.165, 1.54) is 18.4 Å². The minimum atomic E-state index is -2.94. The molecule has 0 aliphatic carbocycles. The lowest BCUT2D eigenvalue weighted by Gasteiger charge is -2.17.